The second-order valence-electron chi connectivity index (χ2n) is 7.94. The molecule has 4 rings (SSSR count). The van der Waals surface area contributed by atoms with Gasteiger partial charge in [0, 0.05) is 59.4 Å². The van der Waals surface area contributed by atoms with E-state index in [0.717, 1.165) is 42.8 Å². The normalized spacial score (nSPS) is 11.1. The van der Waals surface area contributed by atoms with Crippen LogP contribution in [0.2, 0.25) is 0 Å². The summed E-state index contributed by atoms with van der Waals surface area (Å²) in [6.45, 7) is 8.87. The van der Waals surface area contributed by atoms with Gasteiger partial charge in [0.2, 0.25) is 0 Å². The van der Waals surface area contributed by atoms with Gasteiger partial charge >= 0.3 is 0 Å². The lowest BCUT2D eigenvalue weighted by molar-refractivity contribution is 0.102. The van der Waals surface area contributed by atoms with Crippen molar-refractivity contribution in [2.24, 2.45) is 0 Å². The van der Waals surface area contributed by atoms with Crippen LogP contribution in [-0.2, 0) is 13.2 Å². The van der Waals surface area contributed by atoms with Crippen molar-refractivity contribution in [3.05, 3.63) is 90.4 Å². The number of amides is 1. The van der Waals surface area contributed by atoms with Gasteiger partial charge in [-0.1, -0.05) is 26.0 Å². The van der Waals surface area contributed by atoms with E-state index in [0.29, 0.717) is 17.9 Å². The standard InChI is InChI=1S/C27H30N4O2/c1-3-30(4-2)15-16-31-14-12-22-17-24(10-11-26(22)31)29-27(32)23-8-5-9-25(18-23)33-20-21-7-6-13-28-19-21/h5-14,17-19H,3-4,15-16,20H2,1-2H3,(H,29,32). The number of fused-ring (bicyclic) bond motifs is 1. The van der Waals surface area contributed by atoms with E-state index >= 15 is 0 Å². The van der Waals surface area contributed by atoms with E-state index in [4.69, 9.17) is 4.74 Å². The SMILES string of the molecule is CCN(CC)CCn1ccc2cc(NC(=O)c3cccc(OCc4cccnc4)c3)ccc21. The van der Waals surface area contributed by atoms with E-state index < -0.39 is 0 Å². The molecule has 0 saturated heterocycles. The van der Waals surface area contributed by atoms with Crippen LogP contribution in [0.25, 0.3) is 10.9 Å². The third-order valence-corrected chi connectivity index (χ3v) is 5.80. The van der Waals surface area contributed by atoms with Crippen molar-refractivity contribution in [2.45, 2.75) is 27.0 Å². The van der Waals surface area contributed by atoms with Crippen molar-refractivity contribution in [2.75, 3.05) is 25.0 Å². The highest BCUT2D eigenvalue weighted by Gasteiger charge is 2.10. The lowest BCUT2D eigenvalue weighted by Gasteiger charge is -2.18. The molecule has 2 heterocycles. The first kappa shape index (κ1) is 22.6. The van der Waals surface area contributed by atoms with E-state index in [9.17, 15) is 4.79 Å². The lowest BCUT2D eigenvalue weighted by Crippen LogP contribution is -2.26. The molecule has 0 atom stereocenters. The van der Waals surface area contributed by atoms with Gasteiger partial charge in [-0.3, -0.25) is 9.78 Å². The molecule has 0 unspecified atom stereocenters. The van der Waals surface area contributed by atoms with E-state index in [1.807, 2.05) is 36.4 Å². The number of ether oxygens (including phenoxy) is 1. The highest BCUT2D eigenvalue weighted by molar-refractivity contribution is 6.05. The summed E-state index contributed by atoms with van der Waals surface area (Å²) in [4.78, 5) is 19.3. The van der Waals surface area contributed by atoms with E-state index in [1.54, 1.807) is 24.5 Å². The third-order valence-electron chi connectivity index (χ3n) is 5.80. The first-order valence-corrected chi connectivity index (χ1v) is 11.4. The van der Waals surface area contributed by atoms with Crippen LogP contribution < -0.4 is 10.1 Å². The van der Waals surface area contributed by atoms with Gasteiger partial charge in [-0.2, -0.15) is 0 Å². The Morgan fingerprint density at radius 2 is 1.94 bits per heavy atom. The number of anilines is 1. The average molecular weight is 443 g/mol. The van der Waals surface area contributed by atoms with E-state index in [2.05, 4.69) is 51.9 Å². The maximum absolute atomic E-state index is 12.8. The van der Waals surface area contributed by atoms with Crippen molar-refractivity contribution >= 4 is 22.5 Å². The second-order valence-corrected chi connectivity index (χ2v) is 7.94. The zero-order valence-corrected chi connectivity index (χ0v) is 19.2. The smallest absolute Gasteiger partial charge is 0.255 e. The van der Waals surface area contributed by atoms with Crippen LogP contribution in [0.5, 0.6) is 5.75 Å². The molecule has 0 spiro atoms. The number of pyridine rings is 1. The average Bonchev–Trinajstić information content (AvgIpc) is 3.26. The first-order valence-electron chi connectivity index (χ1n) is 11.4. The zero-order chi connectivity index (χ0) is 23.0. The minimum atomic E-state index is -0.165. The minimum Gasteiger partial charge on any atom is -0.489 e. The lowest BCUT2D eigenvalue weighted by atomic mass is 10.2. The topological polar surface area (TPSA) is 59.4 Å². The Morgan fingerprint density at radius 1 is 1.06 bits per heavy atom. The summed E-state index contributed by atoms with van der Waals surface area (Å²) in [5.74, 6) is 0.481. The zero-order valence-electron chi connectivity index (χ0n) is 19.2. The van der Waals surface area contributed by atoms with Crippen LogP contribution in [0.3, 0.4) is 0 Å². The summed E-state index contributed by atoms with van der Waals surface area (Å²) in [6, 6.07) is 19.2. The maximum atomic E-state index is 12.8. The number of nitrogens with zero attached hydrogens (tertiary/aromatic N) is 3. The largest absolute Gasteiger partial charge is 0.489 e. The Labute approximate surface area is 194 Å². The monoisotopic (exact) mass is 442 g/mol. The molecule has 0 radical (unpaired) electrons. The fourth-order valence-corrected chi connectivity index (χ4v) is 3.84. The van der Waals surface area contributed by atoms with Gasteiger partial charge in [-0.05, 0) is 61.6 Å². The van der Waals surface area contributed by atoms with Gasteiger partial charge in [0.25, 0.3) is 5.91 Å². The molecule has 6 heteroatoms. The Hall–Kier alpha value is -3.64. The molecule has 2 aromatic carbocycles. The van der Waals surface area contributed by atoms with Gasteiger partial charge in [0.1, 0.15) is 12.4 Å². The molecule has 6 nitrogen and oxygen atoms in total. The molecule has 0 saturated carbocycles. The number of nitrogens with one attached hydrogen (secondary N) is 1. The van der Waals surface area contributed by atoms with Crippen LogP contribution in [0, 0.1) is 0 Å². The molecule has 0 aliphatic carbocycles. The molecule has 0 bridgehead atoms. The van der Waals surface area contributed by atoms with E-state index in [-0.39, 0.29) is 5.91 Å². The molecular formula is C27H30N4O2. The molecule has 0 aliphatic rings. The van der Waals surface area contributed by atoms with Crippen molar-refractivity contribution in [3.63, 3.8) is 0 Å². The van der Waals surface area contributed by atoms with Gasteiger partial charge in [0.05, 0.1) is 0 Å². The molecule has 1 N–H and O–H groups in total. The van der Waals surface area contributed by atoms with Crippen molar-refractivity contribution < 1.29 is 9.53 Å². The fraction of sp³-hybridized carbons (Fsp3) is 0.259. The van der Waals surface area contributed by atoms with Crippen LogP contribution in [0.1, 0.15) is 29.8 Å². The van der Waals surface area contributed by atoms with Crippen molar-refractivity contribution in [3.8, 4) is 5.75 Å². The molecule has 170 valence electrons. The van der Waals surface area contributed by atoms with Crippen molar-refractivity contribution in [1.29, 1.82) is 0 Å². The number of carbonyl (C=O) groups excluding carboxylic acids is 1. The number of aromatic nitrogens is 2. The Bertz CT molecular complexity index is 1200. The van der Waals surface area contributed by atoms with Crippen LogP contribution >= 0.6 is 0 Å². The number of rotatable bonds is 10. The Kier molecular flexibility index (Phi) is 7.37. The molecule has 33 heavy (non-hydrogen) atoms. The molecular weight excluding hydrogens is 412 g/mol. The number of hydrogen-bond acceptors (Lipinski definition) is 4. The van der Waals surface area contributed by atoms with Gasteiger partial charge < -0.3 is 19.5 Å². The Morgan fingerprint density at radius 3 is 2.73 bits per heavy atom. The number of likely N-dealkylation sites (N-methyl/N-ethyl adjacent to an activating group) is 1. The summed E-state index contributed by atoms with van der Waals surface area (Å²) < 4.78 is 8.09. The predicted molar refractivity (Wildman–Crippen MR) is 133 cm³/mol. The first-order chi connectivity index (χ1) is 16.2. The molecule has 0 aliphatic heterocycles. The van der Waals surface area contributed by atoms with Crippen LogP contribution in [-0.4, -0.2) is 40.0 Å². The molecule has 4 aromatic rings. The highest BCUT2D eigenvalue weighted by Crippen LogP contribution is 2.22. The molecule has 1 amide bonds. The maximum Gasteiger partial charge on any atom is 0.255 e. The Balaban J connectivity index is 1.40. The minimum absolute atomic E-state index is 0.165. The summed E-state index contributed by atoms with van der Waals surface area (Å²) in [5.41, 5.74) is 3.47. The van der Waals surface area contributed by atoms with Gasteiger partial charge in [0.15, 0.2) is 0 Å². The summed E-state index contributed by atoms with van der Waals surface area (Å²) >= 11 is 0. The van der Waals surface area contributed by atoms with Gasteiger partial charge in [-0.25, -0.2) is 0 Å². The van der Waals surface area contributed by atoms with Crippen LogP contribution in [0.15, 0.2) is 79.3 Å². The van der Waals surface area contributed by atoms with Gasteiger partial charge in [-0.15, -0.1) is 0 Å². The number of carbonyl (C=O) groups is 1. The third kappa shape index (κ3) is 5.79. The highest BCUT2D eigenvalue weighted by atomic mass is 16.5. The molecule has 0 fully saturated rings. The summed E-state index contributed by atoms with van der Waals surface area (Å²) in [7, 11) is 0. The summed E-state index contributed by atoms with van der Waals surface area (Å²) in [6.07, 6.45) is 5.61. The second kappa shape index (κ2) is 10.8. The quantitative estimate of drug-likeness (QED) is 0.366. The van der Waals surface area contributed by atoms with Crippen molar-refractivity contribution in [1.82, 2.24) is 14.5 Å². The number of hydrogen-bond donors (Lipinski definition) is 1. The van der Waals surface area contributed by atoms with Crippen LogP contribution in [0.4, 0.5) is 5.69 Å². The predicted octanol–water partition coefficient (Wildman–Crippen LogP) is 5.21. The number of benzene rings is 2. The molecule has 2 aromatic heterocycles. The fourth-order valence-electron chi connectivity index (χ4n) is 3.84. The summed E-state index contributed by atoms with van der Waals surface area (Å²) in [5, 5.41) is 4.12. The van der Waals surface area contributed by atoms with E-state index in [1.165, 1.54) is 5.52 Å².